The first-order valence-electron chi connectivity index (χ1n) is 9.73. The van der Waals surface area contributed by atoms with Crippen molar-refractivity contribution in [3.63, 3.8) is 0 Å². The van der Waals surface area contributed by atoms with Crippen LogP contribution in [-0.4, -0.2) is 32.0 Å². The van der Waals surface area contributed by atoms with Crippen LogP contribution in [0.3, 0.4) is 0 Å². The third-order valence-corrected chi connectivity index (χ3v) is 5.48. The lowest BCUT2D eigenvalue weighted by Gasteiger charge is -2.33. The number of methoxy groups -OCH3 is 1. The Morgan fingerprint density at radius 3 is 2.54 bits per heavy atom. The van der Waals surface area contributed by atoms with Gasteiger partial charge in [-0.15, -0.1) is 0 Å². The lowest BCUT2D eigenvalue weighted by atomic mass is 9.72. The van der Waals surface area contributed by atoms with Crippen molar-refractivity contribution >= 4 is 11.7 Å². The number of benzene rings is 1. The molecule has 28 heavy (non-hydrogen) atoms. The summed E-state index contributed by atoms with van der Waals surface area (Å²) in [5.41, 5.74) is 4.15. The Morgan fingerprint density at radius 1 is 1.29 bits per heavy atom. The van der Waals surface area contributed by atoms with E-state index >= 15 is 4.39 Å². The Balaban J connectivity index is 2.39. The van der Waals surface area contributed by atoms with Crippen molar-refractivity contribution in [2.45, 2.75) is 47.0 Å². The number of allylic oxidation sites excluding steroid dienone is 5. The lowest BCUT2D eigenvalue weighted by Crippen LogP contribution is -2.21. The van der Waals surface area contributed by atoms with E-state index in [9.17, 15) is 4.79 Å². The van der Waals surface area contributed by atoms with Gasteiger partial charge < -0.3 is 9.64 Å². The van der Waals surface area contributed by atoms with Crippen molar-refractivity contribution in [1.29, 1.82) is 0 Å². The van der Waals surface area contributed by atoms with Crippen LogP contribution in [0.15, 0.2) is 47.1 Å². The first-order chi connectivity index (χ1) is 13.1. The van der Waals surface area contributed by atoms with Gasteiger partial charge in [-0.1, -0.05) is 31.6 Å². The van der Waals surface area contributed by atoms with Gasteiger partial charge in [-0.25, -0.2) is 4.39 Å². The van der Waals surface area contributed by atoms with Gasteiger partial charge in [0, 0.05) is 19.7 Å². The molecule has 0 radical (unpaired) electrons. The standard InChI is InChI=1S/C24H32FNO2/c1-16-9-8-14-24(3,4)20(16)13-10-17(2)22(25)19-12-11-18(15-21(19)28-7)23(27)26(5)6/h10-13,15H,8-9,14H2,1-7H3/b13-10+,22-17-. The molecule has 0 aromatic heterocycles. The fourth-order valence-corrected chi connectivity index (χ4v) is 3.77. The summed E-state index contributed by atoms with van der Waals surface area (Å²) < 4.78 is 20.5. The summed E-state index contributed by atoms with van der Waals surface area (Å²) >= 11 is 0. The molecule has 1 aromatic carbocycles. The summed E-state index contributed by atoms with van der Waals surface area (Å²) in [5.74, 6) is -0.136. The molecule has 0 saturated carbocycles. The van der Waals surface area contributed by atoms with E-state index in [1.807, 2.05) is 6.08 Å². The molecule has 0 atom stereocenters. The van der Waals surface area contributed by atoms with Gasteiger partial charge in [0.05, 0.1) is 12.7 Å². The summed E-state index contributed by atoms with van der Waals surface area (Å²) in [6, 6.07) is 4.83. The van der Waals surface area contributed by atoms with Crippen LogP contribution in [0.1, 0.15) is 62.9 Å². The van der Waals surface area contributed by atoms with E-state index in [1.165, 1.54) is 29.6 Å². The van der Waals surface area contributed by atoms with E-state index in [2.05, 4.69) is 26.8 Å². The second kappa shape index (κ2) is 8.76. The van der Waals surface area contributed by atoms with Crippen LogP contribution in [0, 0.1) is 5.41 Å². The average Bonchev–Trinajstić information content (AvgIpc) is 2.65. The highest BCUT2D eigenvalue weighted by atomic mass is 19.1. The number of halogens is 1. The molecular weight excluding hydrogens is 353 g/mol. The monoisotopic (exact) mass is 385 g/mol. The minimum Gasteiger partial charge on any atom is -0.496 e. The van der Waals surface area contributed by atoms with Crippen LogP contribution in [-0.2, 0) is 0 Å². The van der Waals surface area contributed by atoms with E-state index in [0.29, 0.717) is 22.4 Å². The van der Waals surface area contributed by atoms with Gasteiger partial charge in [-0.3, -0.25) is 4.79 Å². The SMILES string of the molecule is COc1cc(C(=O)N(C)C)ccc1/C(F)=C(C)/C=C/C1=C(C)CCCC1(C)C. The molecule has 4 heteroatoms. The molecule has 1 aromatic rings. The minimum atomic E-state index is -0.344. The van der Waals surface area contributed by atoms with Gasteiger partial charge in [0.15, 0.2) is 0 Å². The predicted octanol–water partition coefficient (Wildman–Crippen LogP) is 6.18. The van der Waals surface area contributed by atoms with Gasteiger partial charge in [0.2, 0.25) is 0 Å². The van der Waals surface area contributed by atoms with E-state index < -0.39 is 0 Å². The molecule has 0 saturated heterocycles. The normalized spacial score (nSPS) is 17.6. The number of hydrogen-bond donors (Lipinski definition) is 0. The Labute approximate surface area is 168 Å². The van der Waals surface area contributed by atoms with E-state index in [4.69, 9.17) is 4.74 Å². The highest BCUT2D eigenvalue weighted by Crippen LogP contribution is 2.41. The van der Waals surface area contributed by atoms with Gasteiger partial charge in [0.25, 0.3) is 5.91 Å². The number of amides is 1. The summed E-state index contributed by atoms with van der Waals surface area (Å²) in [5, 5.41) is 0. The Hall–Kier alpha value is -2.36. The number of hydrogen-bond acceptors (Lipinski definition) is 2. The highest BCUT2D eigenvalue weighted by Gasteiger charge is 2.26. The molecule has 1 aliphatic carbocycles. The Kier molecular flexibility index (Phi) is 6.87. The molecule has 0 heterocycles. The second-order valence-corrected chi connectivity index (χ2v) is 8.38. The van der Waals surface area contributed by atoms with Gasteiger partial charge in [-0.2, -0.15) is 0 Å². The molecule has 3 nitrogen and oxygen atoms in total. The van der Waals surface area contributed by atoms with Crippen molar-refractivity contribution in [2.24, 2.45) is 5.41 Å². The molecule has 0 N–H and O–H groups in total. The zero-order chi connectivity index (χ0) is 21.1. The van der Waals surface area contributed by atoms with Crippen molar-refractivity contribution in [3.8, 4) is 5.75 Å². The first kappa shape index (κ1) is 21.9. The van der Waals surface area contributed by atoms with E-state index in [-0.39, 0.29) is 17.1 Å². The van der Waals surface area contributed by atoms with E-state index in [1.54, 1.807) is 39.2 Å². The fourth-order valence-electron chi connectivity index (χ4n) is 3.77. The van der Waals surface area contributed by atoms with Crippen LogP contribution in [0.5, 0.6) is 5.75 Å². The molecule has 0 spiro atoms. The molecule has 1 aliphatic rings. The highest BCUT2D eigenvalue weighted by molar-refractivity contribution is 5.95. The average molecular weight is 386 g/mol. The van der Waals surface area contributed by atoms with Crippen LogP contribution < -0.4 is 4.74 Å². The summed E-state index contributed by atoms with van der Waals surface area (Å²) in [7, 11) is 4.85. The van der Waals surface area contributed by atoms with Gasteiger partial charge in [0.1, 0.15) is 11.6 Å². The van der Waals surface area contributed by atoms with Crippen molar-refractivity contribution in [1.82, 2.24) is 4.90 Å². The molecule has 0 fully saturated rings. The van der Waals surface area contributed by atoms with Crippen molar-refractivity contribution in [2.75, 3.05) is 21.2 Å². The largest absolute Gasteiger partial charge is 0.496 e. The smallest absolute Gasteiger partial charge is 0.253 e. The molecule has 0 unspecified atom stereocenters. The van der Waals surface area contributed by atoms with Crippen LogP contribution >= 0.6 is 0 Å². The number of rotatable bonds is 5. The summed E-state index contributed by atoms with van der Waals surface area (Å²) in [4.78, 5) is 13.6. The van der Waals surface area contributed by atoms with Crippen molar-refractivity contribution in [3.05, 3.63) is 58.2 Å². The maximum absolute atomic E-state index is 15.1. The minimum absolute atomic E-state index is 0.113. The number of carbonyl (C=O) groups excluding carboxylic acids is 1. The number of carbonyl (C=O) groups is 1. The second-order valence-electron chi connectivity index (χ2n) is 8.38. The number of ether oxygens (including phenoxy) is 1. The maximum atomic E-state index is 15.1. The van der Waals surface area contributed by atoms with Gasteiger partial charge in [-0.05, 0) is 67.9 Å². The number of nitrogens with zero attached hydrogens (tertiary/aromatic N) is 1. The molecule has 152 valence electrons. The Bertz CT molecular complexity index is 844. The summed E-state index contributed by atoms with van der Waals surface area (Å²) in [6.45, 7) is 8.41. The third-order valence-electron chi connectivity index (χ3n) is 5.48. The molecule has 0 aliphatic heterocycles. The predicted molar refractivity (Wildman–Crippen MR) is 114 cm³/mol. The molecule has 0 bridgehead atoms. The molecule has 2 rings (SSSR count). The Morgan fingerprint density at radius 2 is 1.96 bits per heavy atom. The topological polar surface area (TPSA) is 29.5 Å². The zero-order valence-electron chi connectivity index (χ0n) is 18.1. The van der Waals surface area contributed by atoms with Crippen molar-refractivity contribution < 1.29 is 13.9 Å². The fraction of sp³-hybridized carbons (Fsp3) is 0.458. The maximum Gasteiger partial charge on any atom is 0.253 e. The van der Waals surface area contributed by atoms with Gasteiger partial charge >= 0.3 is 0 Å². The van der Waals surface area contributed by atoms with Crippen LogP contribution in [0.2, 0.25) is 0 Å². The first-order valence-corrected chi connectivity index (χ1v) is 9.73. The summed E-state index contributed by atoms with van der Waals surface area (Å²) in [6.07, 6.45) is 7.35. The molecular formula is C24H32FNO2. The third kappa shape index (κ3) is 4.73. The van der Waals surface area contributed by atoms with E-state index in [0.717, 1.165) is 12.8 Å². The zero-order valence-corrected chi connectivity index (χ0v) is 18.1. The lowest BCUT2D eigenvalue weighted by molar-refractivity contribution is 0.0827. The van der Waals surface area contributed by atoms with Crippen LogP contribution in [0.4, 0.5) is 4.39 Å². The molecule has 1 amide bonds. The van der Waals surface area contributed by atoms with Crippen LogP contribution in [0.25, 0.3) is 5.83 Å². The quantitative estimate of drug-likeness (QED) is 0.566.